The first kappa shape index (κ1) is 11.6. The van der Waals surface area contributed by atoms with Gasteiger partial charge in [-0.05, 0) is 45.5 Å². The van der Waals surface area contributed by atoms with E-state index in [1.807, 2.05) is 0 Å². The standard InChI is InChI=1S/C14H22N2/c1-15-14(12-6-4-3-5-7-12)10-11-16(2)13-8-9-13/h3-7,13-15H,8-11H2,1-2H3. The topological polar surface area (TPSA) is 15.3 Å². The molecule has 1 aliphatic carbocycles. The van der Waals surface area contributed by atoms with E-state index in [9.17, 15) is 0 Å². The fourth-order valence-corrected chi connectivity index (χ4v) is 2.19. The summed E-state index contributed by atoms with van der Waals surface area (Å²) in [5, 5.41) is 3.41. The van der Waals surface area contributed by atoms with Crippen LogP contribution in [0, 0.1) is 0 Å². The monoisotopic (exact) mass is 218 g/mol. The lowest BCUT2D eigenvalue weighted by Crippen LogP contribution is -2.26. The molecule has 1 saturated carbocycles. The molecule has 1 unspecified atom stereocenters. The molecule has 2 heteroatoms. The van der Waals surface area contributed by atoms with Crippen molar-refractivity contribution in [1.29, 1.82) is 0 Å². The summed E-state index contributed by atoms with van der Waals surface area (Å²) in [7, 11) is 4.30. The van der Waals surface area contributed by atoms with E-state index in [0.29, 0.717) is 6.04 Å². The van der Waals surface area contributed by atoms with Crippen molar-refractivity contribution in [1.82, 2.24) is 10.2 Å². The zero-order valence-electron chi connectivity index (χ0n) is 10.3. The fourth-order valence-electron chi connectivity index (χ4n) is 2.19. The van der Waals surface area contributed by atoms with Crippen molar-refractivity contribution < 1.29 is 0 Å². The summed E-state index contributed by atoms with van der Waals surface area (Å²) in [4.78, 5) is 2.49. The lowest BCUT2D eigenvalue weighted by Gasteiger charge is -2.21. The third-order valence-electron chi connectivity index (χ3n) is 3.49. The van der Waals surface area contributed by atoms with Crippen LogP contribution in [0.15, 0.2) is 30.3 Å². The molecule has 1 aromatic rings. The summed E-state index contributed by atoms with van der Waals surface area (Å²) in [6, 6.07) is 12.1. The molecule has 0 heterocycles. The van der Waals surface area contributed by atoms with Crippen LogP contribution in [0.25, 0.3) is 0 Å². The number of rotatable bonds is 6. The minimum absolute atomic E-state index is 0.488. The summed E-state index contributed by atoms with van der Waals surface area (Å²) in [5.74, 6) is 0. The molecule has 1 fully saturated rings. The highest BCUT2D eigenvalue weighted by Gasteiger charge is 2.26. The predicted molar refractivity (Wildman–Crippen MR) is 68.5 cm³/mol. The van der Waals surface area contributed by atoms with E-state index in [0.717, 1.165) is 6.04 Å². The Labute approximate surface area is 98.7 Å². The van der Waals surface area contributed by atoms with Gasteiger partial charge in [-0.3, -0.25) is 0 Å². The van der Waals surface area contributed by atoms with E-state index in [1.165, 1.54) is 31.4 Å². The molecule has 0 spiro atoms. The Kier molecular flexibility index (Phi) is 3.97. The van der Waals surface area contributed by atoms with Gasteiger partial charge in [-0.25, -0.2) is 0 Å². The van der Waals surface area contributed by atoms with Crippen molar-refractivity contribution in [3.05, 3.63) is 35.9 Å². The molecule has 0 aromatic heterocycles. The summed E-state index contributed by atoms with van der Waals surface area (Å²) in [5.41, 5.74) is 1.40. The molecule has 1 aliphatic rings. The molecule has 1 atom stereocenters. The predicted octanol–water partition coefficient (Wildman–Crippen LogP) is 2.43. The molecular weight excluding hydrogens is 196 g/mol. The average Bonchev–Trinajstić information content (AvgIpc) is 3.15. The van der Waals surface area contributed by atoms with Crippen LogP contribution >= 0.6 is 0 Å². The maximum absolute atomic E-state index is 3.41. The fraction of sp³-hybridized carbons (Fsp3) is 0.571. The van der Waals surface area contributed by atoms with E-state index in [1.54, 1.807) is 0 Å². The molecule has 0 saturated heterocycles. The second-order valence-electron chi connectivity index (χ2n) is 4.75. The molecule has 1 aromatic carbocycles. The largest absolute Gasteiger partial charge is 0.313 e. The smallest absolute Gasteiger partial charge is 0.0329 e. The summed E-state index contributed by atoms with van der Waals surface area (Å²) >= 11 is 0. The first-order valence-electron chi connectivity index (χ1n) is 6.23. The lowest BCUT2D eigenvalue weighted by atomic mass is 10.0. The Morgan fingerprint density at radius 2 is 2.00 bits per heavy atom. The van der Waals surface area contributed by atoms with Crippen LogP contribution in [0.3, 0.4) is 0 Å². The zero-order chi connectivity index (χ0) is 11.4. The van der Waals surface area contributed by atoms with Gasteiger partial charge in [0.25, 0.3) is 0 Å². The minimum Gasteiger partial charge on any atom is -0.313 e. The van der Waals surface area contributed by atoms with Gasteiger partial charge >= 0.3 is 0 Å². The van der Waals surface area contributed by atoms with E-state index in [2.05, 4.69) is 54.6 Å². The molecule has 0 aliphatic heterocycles. The van der Waals surface area contributed by atoms with E-state index in [-0.39, 0.29) is 0 Å². The molecule has 2 nitrogen and oxygen atoms in total. The highest BCUT2D eigenvalue weighted by Crippen LogP contribution is 2.26. The number of benzene rings is 1. The van der Waals surface area contributed by atoms with Crippen molar-refractivity contribution in [2.45, 2.75) is 31.3 Å². The number of nitrogens with one attached hydrogen (secondary N) is 1. The van der Waals surface area contributed by atoms with Crippen LogP contribution in [-0.4, -0.2) is 31.6 Å². The average molecular weight is 218 g/mol. The van der Waals surface area contributed by atoms with Crippen LogP contribution in [0.1, 0.15) is 30.9 Å². The molecule has 88 valence electrons. The molecule has 16 heavy (non-hydrogen) atoms. The molecule has 0 radical (unpaired) electrons. The van der Waals surface area contributed by atoms with Crippen LogP contribution < -0.4 is 5.32 Å². The maximum Gasteiger partial charge on any atom is 0.0329 e. The van der Waals surface area contributed by atoms with Crippen molar-refractivity contribution in [3.8, 4) is 0 Å². The zero-order valence-corrected chi connectivity index (χ0v) is 10.3. The van der Waals surface area contributed by atoms with Gasteiger partial charge in [0, 0.05) is 12.1 Å². The van der Waals surface area contributed by atoms with Gasteiger partial charge in [-0.2, -0.15) is 0 Å². The third-order valence-corrected chi connectivity index (χ3v) is 3.49. The highest BCUT2D eigenvalue weighted by molar-refractivity contribution is 5.18. The maximum atomic E-state index is 3.41. The number of hydrogen-bond donors (Lipinski definition) is 1. The van der Waals surface area contributed by atoms with Crippen molar-refractivity contribution in [2.75, 3.05) is 20.6 Å². The number of nitrogens with zero attached hydrogens (tertiary/aromatic N) is 1. The Morgan fingerprint density at radius 3 is 2.56 bits per heavy atom. The van der Waals surface area contributed by atoms with Crippen molar-refractivity contribution in [3.63, 3.8) is 0 Å². The van der Waals surface area contributed by atoms with Crippen molar-refractivity contribution in [2.24, 2.45) is 0 Å². The Morgan fingerprint density at radius 1 is 1.31 bits per heavy atom. The molecule has 0 amide bonds. The van der Waals surface area contributed by atoms with Crippen LogP contribution in [0.5, 0.6) is 0 Å². The quantitative estimate of drug-likeness (QED) is 0.789. The normalized spacial score (nSPS) is 17.7. The van der Waals surface area contributed by atoms with Gasteiger partial charge in [0.05, 0.1) is 0 Å². The Hall–Kier alpha value is -0.860. The first-order valence-corrected chi connectivity index (χ1v) is 6.23. The van der Waals surface area contributed by atoms with Crippen LogP contribution in [0.2, 0.25) is 0 Å². The summed E-state index contributed by atoms with van der Waals surface area (Å²) in [6.45, 7) is 1.19. The highest BCUT2D eigenvalue weighted by atomic mass is 15.1. The van der Waals surface area contributed by atoms with E-state index in [4.69, 9.17) is 0 Å². The number of hydrogen-bond acceptors (Lipinski definition) is 2. The lowest BCUT2D eigenvalue weighted by molar-refractivity contribution is 0.302. The van der Waals surface area contributed by atoms with Gasteiger partial charge in [0.15, 0.2) is 0 Å². The van der Waals surface area contributed by atoms with Crippen LogP contribution in [-0.2, 0) is 0 Å². The molecule has 2 rings (SSSR count). The Bertz CT molecular complexity index is 306. The van der Waals surface area contributed by atoms with E-state index >= 15 is 0 Å². The second kappa shape index (κ2) is 5.46. The van der Waals surface area contributed by atoms with Gasteiger partial charge in [0.2, 0.25) is 0 Å². The first-order chi connectivity index (χ1) is 7.81. The van der Waals surface area contributed by atoms with Gasteiger partial charge < -0.3 is 10.2 Å². The van der Waals surface area contributed by atoms with Crippen LogP contribution in [0.4, 0.5) is 0 Å². The molecule has 1 N–H and O–H groups in total. The van der Waals surface area contributed by atoms with E-state index < -0.39 is 0 Å². The molecule has 0 bridgehead atoms. The summed E-state index contributed by atoms with van der Waals surface area (Å²) in [6.07, 6.45) is 3.98. The minimum atomic E-state index is 0.488. The second-order valence-corrected chi connectivity index (χ2v) is 4.75. The summed E-state index contributed by atoms with van der Waals surface area (Å²) < 4.78 is 0. The van der Waals surface area contributed by atoms with Gasteiger partial charge in [-0.1, -0.05) is 30.3 Å². The Balaban J connectivity index is 1.85. The third kappa shape index (κ3) is 3.06. The SMILES string of the molecule is CNC(CCN(C)C1CC1)c1ccccc1. The van der Waals surface area contributed by atoms with Gasteiger partial charge in [0.1, 0.15) is 0 Å². The molecular formula is C14H22N2. The van der Waals surface area contributed by atoms with Crippen molar-refractivity contribution >= 4 is 0 Å². The van der Waals surface area contributed by atoms with Gasteiger partial charge in [-0.15, -0.1) is 0 Å².